The molecule has 300 valence electrons. The summed E-state index contributed by atoms with van der Waals surface area (Å²) in [6.07, 6.45) is 61.4. The standard InChI is InChI=1S/C49H87NO2/c1-5-7-9-11-13-15-17-19-21-23-25-27-29-31-33-35-39-48(40-36-34-32-30-28-26-24-22-20-18-16-14-12-10-8-6-2)41-42-49(44-48)51-46-38-37-45(50(3)4)43-47(46)52-49/h13-16,19-22,45-47H,5-12,17-18,23-44H2,1-4H3/b15-13-,16-14-,21-19-,22-20-/t45?,46-,47-,49?/m0/s1. The van der Waals surface area contributed by atoms with Gasteiger partial charge in [-0.15, -0.1) is 0 Å². The Bertz CT molecular complexity index is 932. The summed E-state index contributed by atoms with van der Waals surface area (Å²) in [5, 5.41) is 0. The highest BCUT2D eigenvalue weighted by Gasteiger charge is 2.56. The molecule has 52 heavy (non-hydrogen) atoms. The van der Waals surface area contributed by atoms with Crippen molar-refractivity contribution < 1.29 is 9.47 Å². The summed E-state index contributed by atoms with van der Waals surface area (Å²) in [7, 11) is 4.47. The van der Waals surface area contributed by atoms with Gasteiger partial charge in [-0.05, 0) is 122 Å². The van der Waals surface area contributed by atoms with Gasteiger partial charge in [0.2, 0.25) is 0 Å². The van der Waals surface area contributed by atoms with Crippen molar-refractivity contribution in [2.24, 2.45) is 5.41 Å². The molecule has 0 aromatic carbocycles. The first-order chi connectivity index (χ1) is 25.5. The van der Waals surface area contributed by atoms with E-state index in [-0.39, 0.29) is 5.79 Å². The summed E-state index contributed by atoms with van der Waals surface area (Å²) < 4.78 is 13.9. The van der Waals surface area contributed by atoms with Gasteiger partial charge >= 0.3 is 0 Å². The fourth-order valence-electron chi connectivity index (χ4n) is 9.32. The molecule has 2 unspecified atom stereocenters. The average Bonchev–Trinajstić information content (AvgIpc) is 3.69. The predicted octanol–water partition coefficient (Wildman–Crippen LogP) is 15.2. The fraction of sp³-hybridized carbons (Fsp3) is 0.837. The number of unbranched alkanes of at least 4 members (excludes halogenated alkanes) is 18. The first kappa shape index (κ1) is 45.2. The van der Waals surface area contributed by atoms with Crippen molar-refractivity contribution in [2.75, 3.05) is 14.1 Å². The molecule has 0 amide bonds. The highest BCUT2D eigenvalue weighted by Crippen LogP contribution is 2.56. The zero-order valence-electron chi connectivity index (χ0n) is 35.2. The molecular formula is C49H87NO2. The largest absolute Gasteiger partial charge is 0.344 e. The first-order valence-corrected chi connectivity index (χ1v) is 23.1. The molecule has 3 rings (SSSR count). The van der Waals surface area contributed by atoms with Crippen molar-refractivity contribution >= 4 is 0 Å². The summed E-state index contributed by atoms with van der Waals surface area (Å²) in [6, 6.07) is 0.641. The summed E-state index contributed by atoms with van der Waals surface area (Å²) in [5.41, 5.74) is 0.429. The van der Waals surface area contributed by atoms with Crippen molar-refractivity contribution in [2.45, 2.75) is 243 Å². The van der Waals surface area contributed by atoms with E-state index in [2.05, 4.69) is 81.5 Å². The van der Waals surface area contributed by atoms with E-state index in [9.17, 15) is 0 Å². The minimum Gasteiger partial charge on any atom is -0.344 e. The topological polar surface area (TPSA) is 21.7 Å². The van der Waals surface area contributed by atoms with Crippen LogP contribution >= 0.6 is 0 Å². The summed E-state index contributed by atoms with van der Waals surface area (Å²) in [5.74, 6) is -0.284. The molecule has 4 atom stereocenters. The monoisotopic (exact) mass is 722 g/mol. The second-order valence-corrected chi connectivity index (χ2v) is 17.5. The smallest absolute Gasteiger partial charge is 0.169 e. The maximum atomic E-state index is 6.95. The van der Waals surface area contributed by atoms with E-state index in [1.165, 1.54) is 173 Å². The van der Waals surface area contributed by atoms with Crippen LogP contribution in [0.5, 0.6) is 0 Å². The molecule has 2 saturated carbocycles. The Hall–Kier alpha value is -1.16. The minimum absolute atomic E-state index is 0.284. The highest BCUT2D eigenvalue weighted by atomic mass is 16.8. The molecule has 1 heterocycles. The number of nitrogens with zero attached hydrogens (tertiary/aromatic N) is 1. The number of ether oxygens (including phenoxy) is 2. The maximum absolute atomic E-state index is 6.95. The van der Waals surface area contributed by atoms with Crippen LogP contribution < -0.4 is 0 Å². The van der Waals surface area contributed by atoms with Crippen LogP contribution in [0.2, 0.25) is 0 Å². The van der Waals surface area contributed by atoms with E-state index >= 15 is 0 Å². The summed E-state index contributed by atoms with van der Waals surface area (Å²) in [6.45, 7) is 4.55. The van der Waals surface area contributed by atoms with Gasteiger partial charge < -0.3 is 14.4 Å². The van der Waals surface area contributed by atoms with Gasteiger partial charge in [-0.25, -0.2) is 0 Å². The van der Waals surface area contributed by atoms with Crippen molar-refractivity contribution in [3.8, 4) is 0 Å². The summed E-state index contributed by atoms with van der Waals surface area (Å²) >= 11 is 0. The number of rotatable bonds is 31. The first-order valence-electron chi connectivity index (χ1n) is 23.1. The normalized spacial score (nSPS) is 24.7. The molecule has 1 spiro atoms. The van der Waals surface area contributed by atoms with Crippen molar-refractivity contribution in [3.63, 3.8) is 0 Å². The van der Waals surface area contributed by atoms with E-state index in [1.54, 1.807) is 0 Å². The molecule has 3 heteroatoms. The summed E-state index contributed by atoms with van der Waals surface area (Å²) in [4.78, 5) is 2.40. The predicted molar refractivity (Wildman–Crippen MR) is 228 cm³/mol. The van der Waals surface area contributed by atoms with Gasteiger partial charge in [0.1, 0.15) is 0 Å². The van der Waals surface area contributed by atoms with Crippen LogP contribution in [0.1, 0.15) is 219 Å². The van der Waals surface area contributed by atoms with Crippen molar-refractivity contribution in [3.05, 3.63) is 48.6 Å². The molecule has 3 aliphatic rings. The van der Waals surface area contributed by atoms with Crippen LogP contribution in [0.4, 0.5) is 0 Å². The molecular weight excluding hydrogens is 635 g/mol. The van der Waals surface area contributed by atoms with Crippen LogP contribution in [-0.4, -0.2) is 43.0 Å². The molecule has 1 saturated heterocycles. The van der Waals surface area contributed by atoms with Gasteiger partial charge in [-0.1, -0.05) is 152 Å². The second-order valence-electron chi connectivity index (χ2n) is 17.5. The van der Waals surface area contributed by atoms with E-state index in [0.29, 0.717) is 23.7 Å². The Labute approximate surface area is 324 Å². The quantitative estimate of drug-likeness (QED) is 0.0525. The van der Waals surface area contributed by atoms with Gasteiger partial charge in [0.25, 0.3) is 0 Å². The Morgan fingerprint density at radius 1 is 0.500 bits per heavy atom. The van der Waals surface area contributed by atoms with Crippen LogP contribution in [0, 0.1) is 5.41 Å². The zero-order valence-corrected chi connectivity index (χ0v) is 35.2. The Morgan fingerprint density at radius 2 is 0.942 bits per heavy atom. The lowest BCUT2D eigenvalue weighted by Crippen LogP contribution is -2.40. The molecule has 1 aliphatic heterocycles. The van der Waals surface area contributed by atoms with E-state index in [1.807, 2.05) is 0 Å². The lowest BCUT2D eigenvalue weighted by atomic mass is 9.76. The van der Waals surface area contributed by atoms with E-state index in [0.717, 1.165) is 32.1 Å². The van der Waals surface area contributed by atoms with Crippen LogP contribution in [0.3, 0.4) is 0 Å². The third-order valence-electron chi connectivity index (χ3n) is 12.7. The minimum atomic E-state index is -0.284. The molecule has 2 aliphatic carbocycles. The SMILES string of the molecule is CCCCC/C=C\C/C=C\CCCCCCCCC1(CCCCCCCC/C=C\C/C=C\CCCCC)CCC2(C1)O[C@H]1CCC(N(C)C)C[C@@H]1O2. The van der Waals surface area contributed by atoms with Gasteiger partial charge in [0.05, 0.1) is 12.2 Å². The zero-order chi connectivity index (χ0) is 37.0. The van der Waals surface area contributed by atoms with Crippen molar-refractivity contribution in [1.29, 1.82) is 0 Å². The Kier molecular flexibility index (Phi) is 24.6. The van der Waals surface area contributed by atoms with Gasteiger partial charge in [-0.3, -0.25) is 0 Å². The van der Waals surface area contributed by atoms with Crippen LogP contribution in [-0.2, 0) is 9.47 Å². The lowest BCUT2D eigenvalue weighted by Gasteiger charge is -2.33. The fourth-order valence-corrected chi connectivity index (χ4v) is 9.32. The Morgan fingerprint density at radius 3 is 1.42 bits per heavy atom. The third-order valence-corrected chi connectivity index (χ3v) is 12.7. The number of fused-ring (bicyclic) bond motifs is 1. The van der Waals surface area contributed by atoms with Gasteiger partial charge in [-0.2, -0.15) is 0 Å². The van der Waals surface area contributed by atoms with E-state index < -0.39 is 0 Å². The second kappa shape index (κ2) is 28.3. The Balaban J connectivity index is 1.32. The molecule has 0 radical (unpaired) electrons. The average molecular weight is 722 g/mol. The molecule has 0 aromatic rings. The number of hydrogen-bond donors (Lipinski definition) is 0. The van der Waals surface area contributed by atoms with Crippen LogP contribution in [0.25, 0.3) is 0 Å². The van der Waals surface area contributed by atoms with Crippen LogP contribution in [0.15, 0.2) is 48.6 Å². The number of hydrogen-bond acceptors (Lipinski definition) is 3. The number of allylic oxidation sites excluding steroid dienone is 8. The molecule has 0 N–H and O–H groups in total. The van der Waals surface area contributed by atoms with Gasteiger partial charge in [0.15, 0.2) is 5.79 Å². The molecule has 3 nitrogen and oxygen atoms in total. The third kappa shape index (κ3) is 18.9. The maximum Gasteiger partial charge on any atom is 0.169 e. The van der Waals surface area contributed by atoms with Crippen molar-refractivity contribution in [1.82, 2.24) is 4.90 Å². The lowest BCUT2D eigenvalue weighted by molar-refractivity contribution is -0.175. The van der Waals surface area contributed by atoms with E-state index in [4.69, 9.17) is 9.47 Å². The molecule has 0 bridgehead atoms. The molecule has 3 fully saturated rings. The molecule has 0 aromatic heterocycles. The van der Waals surface area contributed by atoms with Gasteiger partial charge in [0, 0.05) is 18.9 Å². The highest BCUT2D eigenvalue weighted by molar-refractivity contribution is 5.01.